The van der Waals surface area contributed by atoms with Crippen LogP contribution in [0.5, 0.6) is 0 Å². The number of benzene rings is 2. The van der Waals surface area contributed by atoms with Crippen molar-refractivity contribution in [3.8, 4) is 0 Å². The molecule has 3 aromatic rings. The van der Waals surface area contributed by atoms with Crippen molar-refractivity contribution in [1.82, 2.24) is 9.80 Å². The van der Waals surface area contributed by atoms with Crippen LogP contribution in [0.2, 0.25) is 0 Å². The Balaban J connectivity index is 1.53. The number of hydrogen-bond donors (Lipinski definition) is 0. The molecule has 38 heavy (non-hydrogen) atoms. The molecule has 2 aromatic carbocycles. The average molecular weight is 537 g/mol. The van der Waals surface area contributed by atoms with E-state index in [1.165, 1.54) is 35.4 Å². The molecule has 4 rings (SSSR count). The molecule has 5 nitrogen and oxygen atoms in total. The molecule has 2 amide bonds. The summed E-state index contributed by atoms with van der Waals surface area (Å²) < 4.78 is 18.9. The number of methoxy groups -OCH3 is 1. The Morgan fingerprint density at radius 2 is 1.82 bits per heavy atom. The molecule has 0 spiro atoms. The van der Waals surface area contributed by atoms with E-state index < -0.39 is 0 Å². The minimum Gasteiger partial charge on any atom is -0.385 e. The predicted molar refractivity (Wildman–Crippen MR) is 150 cm³/mol. The number of thiophene rings is 1. The van der Waals surface area contributed by atoms with E-state index in [2.05, 4.69) is 13.0 Å². The van der Waals surface area contributed by atoms with Gasteiger partial charge in [-0.2, -0.15) is 0 Å². The van der Waals surface area contributed by atoms with Crippen LogP contribution in [0.3, 0.4) is 0 Å². The van der Waals surface area contributed by atoms with Crippen LogP contribution >= 0.6 is 11.3 Å². The summed E-state index contributed by atoms with van der Waals surface area (Å²) in [6.45, 7) is 3.66. The second-order valence-corrected chi connectivity index (χ2v) is 10.8. The molecule has 1 aromatic heterocycles. The molecule has 0 bridgehead atoms. The Morgan fingerprint density at radius 1 is 1.05 bits per heavy atom. The SMILES string of the molecule is CCCCCc1ccc(C(=O)N(CCCOC)CC(=O)N2CCc3sccc3C2c2ccc(F)cc2)cc1. The van der Waals surface area contributed by atoms with Gasteiger partial charge in [0.25, 0.3) is 5.91 Å². The van der Waals surface area contributed by atoms with E-state index in [1.807, 2.05) is 34.5 Å². The highest BCUT2D eigenvalue weighted by atomic mass is 32.1. The molecule has 202 valence electrons. The van der Waals surface area contributed by atoms with Gasteiger partial charge >= 0.3 is 0 Å². The lowest BCUT2D eigenvalue weighted by Gasteiger charge is -2.37. The maximum Gasteiger partial charge on any atom is 0.254 e. The first-order chi connectivity index (χ1) is 18.5. The predicted octanol–water partition coefficient (Wildman–Crippen LogP) is 6.27. The van der Waals surface area contributed by atoms with Gasteiger partial charge in [0, 0.05) is 37.2 Å². The van der Waals surface area contributed by atoms with Crippen molar-refractivity contribution in [3.05, 3.63) is 92.9 Å². The lowest BCUT2D eigenvalue weighted by Crippen LogP contribution is -2.47. The van der Waals surface area contributed by atoms with Gasteiger partial charge in [-0.15, -0.1) is 11.3 Å². The molecule has 1 unspecified atom stereocenters. The molecule has 7 heteroatoms. The number of carbonyl (C=O) groups excluding carboxylic acids is 2. The van der Waals surface area contributed by atoms with E-state index in [9.17, 15) is 14.0 Å². The first kappa shape index (κ1) is 28.0. The number of amides is 2. The van der Waals surface area contributed by atoms with Gasteiger partial charge in [0.2, 0.25) is 5.91 Å². The van der Waals surface area contributed by atoms with Gasteiger partial charge in [0.05, 0.1) is 6.04 Å². The molecule has 1 atom stereocenters. The molecule has 1 aliphatic rings. The summed E-state index contributed by atoms with van der Waals surface area (Å²) >= 11 is 1.69. The fourth-order valence-corrected chi connectivity index (χ4v) is 5.98. The maximum atomic E-state index is 13.8. The van der Waals surface area contributed by atoms with E-state index in [4.69, 9.17) is 4.74 Å². The molecule has 0 aliphatic carbocycles. The Kier molecular flexibility index (Phi) is 10.1. The fraction of sp³-hybridized carbons (Fsp3) is 0.419. The van der Waals surface area contributed by atoms with Gasteiger partial charge in [-0.3, -0.25) is 9.59 Å². The van der Waals surface area contributed by atoms with E-state index in [-0.39, 0.29) is 30.2 Å². The zero-order chi connectivity index (χ0) is 26.9. The highest BCUT2D eigenvalue weighted by Gasteiger charge is 2.34. The van der Waals surface area contributed by atoms with E-state index in [0.717, 1.165) is 30.4 Å². The summed E-state index contributed by atoms with van der Waals surface area (Å²) in [6, 6.07) is 15.9. The largest absolute Gasteiger partial charge is 0.385 e. The summed E-state index contributed by atoms with van der Waals surface area (Å²) in [6.07, 6.45) is 5.92. The smallest absolute Gasteiger partial charge is 0.254 e. The van der Waals surface area contributed by atoms with Gasteiger partial charge < -0.3 is 14.5 Å². The normalized spacial score (nSPS) is 14.8. The first-order valence-electron chi connectivity index (χ1n) is 13.5. The highest BCUT2D eigenvalue weighted by molar-refractivity contribution is 7.10. The first-order valence-corrected chi connectivity index (χ1v) is 14.4. The Labute approximate surface area is 229 Å². The third-order valence-corrected chi connectivity index (χ3v) is 8.13. The van der Waals surface area contributed by atoms with Gasteiger partial charge in [0.15, 0.2) is 0 Å². The van der Waals surface area contributed by atoms with Gasteiger partial charge in [0.1, 0.15) is 12.4 Å². The molecule has 0 N–H and O–H groups in total. The second-order valence-electron chi connectivity index (χ2n) is 9.82. The minimum atomic E-state index is -0.306. The van der Waals surface area contributed by atoms with Gasteiger partial charge in [-0.05, 0) is 78.1 Å². The van der Waals surface area contributed by atoms with Crippen LogP contribution in [0.15, 0.2) is 60.0 Å². The van der Waals surface area contributed by atoms with Crippen LogP contribution in [0.1, 0.15) is 70.6 Å². The van der Waals surface area contributed by atoms with Crippen molar-refractivity contribution in [2.75, 3.05) is 33.4 Å². The Bertz CT molecular complexity index is 1190. The van der Waals surface area contributed by atoms with Gasteiger partial charge in [-0.25, -0.2) is 4.39 Å². The highest BCUT2D eigenvalue weighted by Crippen LogP contribution is 2.38. The number of rotatable bonds is 12. The van der Waals surface area contributed by atoms with Crippen molar-refractivity contribution < 1.29 is 18.7 Å². The zero-order valence-corrected chi connectivity index (χ0v) is 23.1. The monoisotopic (exact) mass is 536 g/mol. The van der Waals surface area contributed by atoms with E-state index in [0.29, 0.717) is 31.7 Å². The average Bonchev–Trinajstić information content (AvgIpc) is 3.42. The molecule has 1 aliphatic heterocycles. The summed E-state index contributed by atoms with van der Waals surface area (Å²) in [4.78, 5) is 32.1. The lowest BCUT2D eigenvalue weighted by atomic mass is 9.93. The maximum absolute atomic E-state index is 13.8. The number of ether oxygens (including phenoxy) is 1. The summed E-state index contributed by atoms with van der Waals surface area (Å²) in [5, 5.41) is 2.04. The van der Waals surface area contributed by atoms with Crippen LogP contribution in [0.25, 0.3) is 0 Å². The Morgan fingerprint density at radius 3 is 2.53 bits per heavy atom. The third kappa shape index (κ3) is 6.88. The number of carbonyl (C=O) groups is 2. The molecule has 0 fully saturated rings. The topological polar surface area (TPSA) is 49.9 Å². The quantitative estimate of drug-likeness (QED) is 0.256. The number of aryl methyl sites for hydroxylation is 1. The number of hydrogen-bond acceptors (Lipinski definition) is 4. The minimum absolute atomic E-state index is 0.0159. The van der Waals surface area contributed by atoms with Gasteiger partial charge in [-0.1, -0.05) is 44.0 Å². The van der Waals surface area contributed by atoms with Crippen molar-refractivity contribution in [2.24, 2.45) is 0 Å². The van der Waals surface area contributed by atoms with Crippen LogP contribution in [-0.2, 0) is 22.4 Å². The van der Waals surface area contributed by atoms with Crippen molar-refractivity contribution in [1.29, 1.82) is 0 Å². The van der Waals surface area contributed by atoms with Crippen molar-refractivity contribution in [3.63, 3.8) is 0 Å². The number of halogens is 1. The fourth-order valence-electron chi connectivity index (χ4n) is 5.07. The Hall–Kier alpha value is -3.03. The standard InChI is InChI=1S/C31H37FN2O3S/c1-3-4-5-7-23-8-10-25(11-9-23)31(36)33(18-6-20-37-2)22-29(35)34-19-16-28-27(17-21-38-28)30(34)24-12-14-26(32)15-13-24/h8-15,17,21,30H,3-7,16,18-20,22H2,1-2H3. The summed E-state index contributed by atoms with van der Waals surface area (Å²) in [5.74, 6) is -0.571. The van der Waals surface area contributed by atoms with Crippen molar-refractivity contribution in [2.45, 2.75) is 51.5 Å². The molecule has 2 heterocycles. The number of nitrogens with zero attached hydrogens (tertiary/aromatic N) is 2. The third-order valence-electron chi connectivity index (χ3n) is 7.13. The molecule has 0 radical (unpaired) electrons. The summed E-state index contributed by atoms with van der Waals surface area (Å²) in [7, 11) is 1.63. The van der Waals surface area contributed by atoms with Crippen molar-refractivity contribution >= 4 is 23.2 Å². The molecular weight excluding hydrogens is 499 g/mol. The van der Waals surface area contributed by atoms with E-state index in [1.54, 1.807) is 35.5 Å². The van der Waals surface area contributed by atoms with Crippen LogP contribution in [0, 0.1) is 5.82 Å². The van der Waals surface area contributed by atoms with Crippen LogP contribution in [0.4, 0.5) is 4.39 Å². The molecule has 0 saturated heterocycles. The zero-order valence-electron chi connectivity index (χ0n) is 22.3. The van der Waals surface area contributed by atoms with Crippen LogP contribution < -0.4 is 0 Å². The van der Waals surface area contributed by atoms with E-state index >= 15 is 0 Å². The number of unbranched alkanes of at least 4 members (excludes halogenated alkanes) is 2. The van der Waals surface area contributed by atoms with Crippen LogP contribution in [-0.4, -0.2) is 55.0 Å². The second kappa shape index (κ2) is 13.7. The molecular formula is C31H37FN2O3S. The lowest BCUT2D eigenvalue weighted by molar-refractivity contribution is -0.134. The number of fused-ring (bicyclic) bond motifs is 1. The molecule has 0 saturated carbocycles. The summed E-state index contributed by atoms with van der Waals surface area (Å²) in [5.41, 5.74) is 3.76.